The molecule has 0 aliphatic heterocycles. The maximum Gasteiger partial charge on any atom is 0.392 e. The molecule has 3 unspecified atom stereocenters. The monoisotopic (exact) mass is 285 g/mol. The molecular weight excluding hydrogens is 263 g/mol. The minimum atomic E-state index is -4.13. The van der Waals surface area contributed by atoms with E-state index in [-0.39, 0.29) is 6.42 Å². The molecular formula is C16H22F3N. The van der Waals surface area contributed by atoms with Crippen molar-refractivity contribution in [3.63, 3.8) is 0 Å². The summed E-state index contributed by atoms with van der Waals surface area (Å²) in [6.07, 6.45) is -0.975. The van der Waals surface area contributed by atoms with Crippen LogP contribution >= 0.6 is 0 Å². The highest BCUT2D eigenvalue weighted by Gasteiger charge is 2.47. The van der Waals surface area contributed by atoms with Crippen molar-refractivity contribution in [2.75, 3.05) is 0 Å². The Morgan fingerprint density at radius 1 is 1.25 bits per heavy atom. The molecule has 1 aromatic carbocycles. The van der Waals surface area contributed by atoms with E-state index in [0.717, 1.165) is 24.0 Å². The van der Waals surface area contributed by atoms with Crippen LogP contribution in [0.15, 0.2) is 24.3 Å². The van der Waals surface area contributed by atoms with E-state index in [2.05, 4.69) is 0 Å². The SMILES string of the molecule is CCc1cccc(C(N)C2CCCCC2C(F)(F)F)c1. The maximum absolute atomic E-state index is 13.2. The molecule has 1 fully saturated rings. The molecule has 0 saturated heterocycles. The number of halogens is 3. The van der Waals surface area contributed by atoms with Gasteiger partial charge in [0.1, 0.15) is 0 Å². The van der Waals surface area contributed by atoms with Crippen LogP contribution in [-0.4, -0.2) is 6.18 Å². The number of aryl methyl sites for hydroxylation is 1. The average Bonchev–Trinajstić information content (AvgIpc) is 2.45. The normalized spacial score (nSPS) is 25.4. The highest BCUT2D eigenvalue weighted by atomic mass is 19.4. The van der Waals surface area contributed by atoms with Gasteiger partial charge in [0, 0.05) is 6.04 Å². The predicted molar refractivity (Wildman–Crippen MR) is 74.3 cm³/mol. The Kier molecular flexibility index (Phi) is 4.74. The van der Waals surface area contributed by atoms with Crippen LogP contribution in [0.25, 0.3) is 0 Å². The first-order valence-corrected chi connectivity index (χ1v) is 7.34. The van der Waals surface area contributed by atoms with Gasteiger partial charge < -0.3 is 5.73 Å². The van der Waals surface area contributed by atoms with Gasteiger partial charge in [0.15, 0.2) is 0 Å². The molecule has 0 radical (unpaired) electrons. The molecule has 1 saturated carbocycles. The van der Waals surface area contributed by atoms with Gasteiger partial charge in [-0.2, -0.15) is 13.2 Å². The first-order chi connectivity index (χ1) is 9.43. The number of benzene rings is 1. The first-order valence-electron chi connectivity index (χ1n) is 7.34. The quantitative estimate of drug-likeness (QED) is 0.861. The molecule has 0 heterocycles. The van der Waals surface area contributed by atoms with Crippen LogP contribution in [-0.2, 0) is 6.42 Å². The zero-order chi connectivity index (χ0) is 14.8. The smallest absolute Gasteiger partial charge is 0.324 e. The van der Waals surface area contributed by atoms with E-state index in [9.17, 15) is 13.2 Å². The number of rotatable bonds is 3. The summed E-state index contributed by atoms with van der Waals surface area (Å²) < 4.78 is 39.5. The molecule has 0 spiro atoms. The fourth-order valence-electron chi connectivity index (χ4n) is 3.26. The Hall–Kier alpha value is -1.03. The van der Waals surface area contributed by atoms with Gasteiger partial charge in [0.05, 0.1) is 5.92 Å². The van der Waals surface area contributed by atoms with Crippen molar-refractivity contribution in [1.82, 2.24) is 0 Å². The fraction of sp³-hybridized carbons (Fsp3) is 0.625. The second-order valence-electron chi connectivity index (χ2n) is 5.72. The summed E-state index contributed by atoms with van der Waals surface area (Å²) in [6, 6.07) is 7.16. The molecule has 1 nitrogen and oxygen atoms in total. The van der Waals surface area contributed by atoms with Crippen molar-refractivity contribution in [1.29, 1.82) is 0 Å². The molecule has 0 amide bonds. The molecule has 2 rings (SSSR count). The third kappa shape index (κ3) is 3.35. The van der Waals surface area contributed by atoms with Crippen molar-refractivity contribution in [3.05, 3.63) is 35.4 Å². The van der Waals surface area contributed by atoms with E-state index >= 15 is 0 Å². The molecule has 1 aliphatic rings. The summed E-state index contributed by atoms with van der Waals surface area (Å²) in [5, 5.41) is 0. The summed E-state index contributed by atoms with van der Waals surface area (Å²) >= 11 is 0. The molecule has 3 atom stereocenters. The van der Waals surface area contributed by atoms with Gasteiger partial charge in [0.25, 0.3) is 0 Å². The lowest BCUT2D eigenvalue weighted by atomic mass is 9.73. The van der Waals surface area contributed by atoms with Gasteiger partial charge in [0.2, 0.25) is 0 Å². The Labute approximate surface area is 118 Å². The molecule has 20 heavy (non-hydrogen) atoms. The minimum absolute atomic E-state index is 0.218. The van der Waals surface area contributed by atoms with Crippen LogP contribution in [0.1, 0.15) is 49.8 Å². The average molecular weight is 285 g/mol. The van der Waals surface area contributed by atoms with Crippen LogP contribution < -0.4 is 5.73 Å². The second kappa shape index (κ2) is 6.17. The summed E-state index contributed by atoms with van der Waals surface area (Å²) in [7, 11) is 0. The summed E-state index contributed by atoms with van der Waals surface area (Å²) in [4.78, 5) is 0. The van der Waals surface area contributed by atoms with Crippen LogP contribution in [0.3, 0.4) is 0 Å². The van der Waals surface area contributed by atoms with Gasteiger partial charge in [-0.05, 0) is 36.3 Å². The summed E-state index contributed by atoms with van der Waals surface area (Å²) in [5.74, 6) is -1.74. The van der Waals surface area contributed by atoms with Gasteiger partial charge >= 0.3 is 6.18 Å². The van der Waals surface area contributed by atoms with Crippen molar-refractivity contribution in [2.45, 2.75) is 51.2 Å². The predicted octanol–water partition coefficient (Wildman–Crippen LogP) is 4.62. The van der Waals surface area contributed by atoms with Crippen molar-refractivity contribution < 1.29 is 13.2 Å². The molecule has 112 valence electrons. The second-order valence-corrected chi connectivity index (χ2v) is 5.72. The van der Waals surface area contributed by atoms with E-state index in [0.29, 0.717) is 12.8 Å². The topological polar surface area (TPSA) is 26.0 Å². The first kappa shape index (κ1) is 15.4. The molecule has 2 N–H and O–H groups in total. The van der Waals surface area contributed by atoms with E-state index in [4.69, 9.17) is 5.73 Å². The van der Waals surface area contributed by atoms with Crippen LogP contribution in [0, 0.1) is 11.8 Å². The number of hydrogen-bond acceptors (Lipinski definition) is 1. The third-order valence-electron chi connectivity index (χ3n) is 4.45. The van der Waals surface area contributed by atoms with Crippen molar-refractivity contribution in [2.24, 2.45) is 17.6 Å². The molecule has 1 aliphatic carbocycles. The zero-order valence-electron chi connectivity index (χ0n) is 11.8. The number of alkyl halides is 3. The van der Waals surface area contributed by atoms with Gasteiger partial charge in [-0.25, -0.2) is 0 Å². The standard InChI is InChI=1S/C16H22F3N/c1-2-11-6-5-7-12(10-11)15(20)13-8-3-4-9-14(13)16(17,18)19/h5-7,10,13-15H,2-4,8-9,20H2,1H3. The van der Waals surface area contributed by atoms with Crippen molar-refractivity contribution in [3.8, 4) is 0 Å². The van der Waals surface area contributed by atoms with Gasteiger partial charge in [-0.3, -0.25) is 0 Å². The Morgan fingerprint density at radius 2 is 1.95 bits per heavy atom. The number of nitrogens with two attached hydrogens (primary N) is 1. The third-order valence-corrected chi connectivity index (χ3v) is 4.45. The van der Waals surface area contributed by atoms with Crippen LogP contribution in [0.5, 0.6) is 0 Å². The maximum atomic E-state index is 13.2. The van der Waals surface area contributed by atoms with Gasteiger partial charge in [-0.1, -0.05) is 44.0 Å². The Balaban J connectivity index is 2.22. The molecule has 1 aromatic rings. The molecule has 0 aromatic heterocycles. The van der Waals surface area contributed by atoms with Crippen LogP contribution in [0.4, 0.5) is 13.2 Å². The Morgan fingerprint density at radius 3 is 2.60 bits per heavy atom. The van der Waals surface area contributed by atoms with E-state index in [1.807, 2.05) is 31.2 Å². The van der Waals surface area contributed by atoms with E-state index in [1.165, 1.54) is 0 Å². The number of hydrogen-bond donors (Lipinski definition) is 1. The van der Waals surface area contributed by atoms with Gasteiger partial charge in [-0.15, -0.1) is 0 Å². The summed E-state index contributed by atoms with van der Waals surface area (Å²) in [6.45, 7) is 2.03. The van der Waals surface area contributed by atoms with Crippen LogP contribution in [0.2, 0.25) is 0 Å². The molecule has 0 bridgehead atoms. The lowest BCUT2D eigenvalue weighted by molar-refractivity contribution is -0.198. The molecule has 4 heteroatoms. The zero-order valence-corrected chi connectivity index (χ0v) is 11.8. The highest BCUT2D eigenvalue weighted by molar-refractivity contribution is 5.26. The minimum Gasteiger partial charge on any atom is -0.324 e. The largest absolute Gasteiger partial charge is 0.392 e. The Bertz CT molecular complexity index is 442. The van der Waals surface area contributed by atoms with E-state index in [1.54, 1.807) is 0 Å². The lowest BCUT2D eigenvalue weighted by Crippen LogP contribution is -2.38. The highest BCUT2D eigenvalue weighted by Crippen LogP contribution is 2.45. The summed E-state index contributed by atoms with van der Waals surface area (Å²) in [5.41, 5.74) is 8.14. The fourth-order valence-corrected chi connectivity index (χ4v) is 3.26. The van der Waals surface area contributed by atoms with E-state index < -0.39 is 24.1 Å². The lowest BCUT2D eigenvalue weighted by Gasteiger charge is -2.36. The van der Waals surface area contributed by atoms with Crippen molar-refractivity contribution >= 4 is 0 Å².